The van der Waals surface area contributed by atoms with Crippen LogP contribution >= 0.6 is 0 Å². The second-order valence-corrected chi connectivity index (χ2v) is 8.18. The lowest BCUT2D eigenvalue weighted by atomic mass is 9.86. The van der Waals surface area contributed by atoms with Crippen LogP contribution in [0.1, 0.15) is 54.4 Å². The van der Waals surface area contributed by atoms with Crippen molar-refractivity contribution < 1.29 is 24.1 Å². The molecule has 1 amide bonds. The molecule has 2 atom stereocenters. The molecule has 0 bridgehead atoms. The van der Waals surface area contributed by atoms with Crippen molar-refractivity contribution in [3.05, 3.63) is 12.2 Å². The third-order valence-electron chi connectivity index (χ3n) is 3.70. The van der Waals surface area contributed by atoms with Crippen molar-refractivity contribution in [1.82, 2.24) is 4.90 Å². The summed E-state index contributed by atoms with van der Waals surface area (Å²) in [6.45, 7) is 11.6. The minimum atomic E-state index is -0.794. The Morgan fingerprint density at radius 1 is 1.22 bits per heavy atom. The quantitative estimate of drug-likeness (QED) is 0.577. The summed E-state index contributed by atoms with van der Waals surface area (Å²) in [7, 11) is 0. The van der Waals surface area contributed by atoms with E-state index in [-0.39, 0.29) is 12.2 Å². The van der Waals surface area contributed by atoms with Crippen molar-refractivity contribution in [2.75, 3.05) is 6.54 Å². The van der Waals surface area contributed by atoms with E-state index in [1.54, 1.807) is 11.0 Å². The third kappa shape index (κ3) is 4.32. The number of amides is 1. The number of hydrogen-bond donors (Lipinski definition) is 0. The minimum absolute atomic E-state index is 0.0274. The van der Waals surface area contributed by atoms with Crippen molar-refractivity contribution in [2.24, 2.45) is 0 Å². The van der Waals surface area contributed by atoms with E-state index in [1.165, 1.54) is 6.08 Å². The van der Waals surface area contributed by atoms with Crippen LogP contribution in [-0.2, 0) is 19.3 Å². The highest BCUT2D eigenvalue weighted by Crippen LogP contribution is 2.40. The molecule has 0 saturated carbocycles. The Morgan fingerprint density at radius 2 is 1.87 bits per heavy atom. The predicted octanol–water partition coefficient (Wildman–Crippen LogP) is 3.01. The summed E-state index contributed by atoms with van der Waals surface area (Å²) in [4.78, 5) is 37.1. The molecule has 0 aromatic carbocycles. The molecule has 130 valence electrons. The summed E-state index contributed by atoms with van der Waals surface area (Å²) in [6.07, 6.45) is 3.59. The van der Waals surface area contributed by atoms with Gasteiger partial charge in [-0.2, -0.15) is 0 Å². The molecule has 1 fully saturated rings. The van der Waals surface area contributed by atoms with Crippen molar-refractivity contribution >= 4 is 11.9 Å². The van der Waals surface area contributed by atoms with Gasteiger partial charge in [-0.05, 0) is 53.7 Å². The molecule has 0 unspecified atom stereocenters. The van der Waals surface area contributed by atoms with Gasteiger partial charge in [-0.3, -0.25) is 4.79 Å². The van der Waals surface area contributed by atoms with Crippen LogP contribution in [-0.4, -0.2) is 46.2 Å². The number of ketones is 1. The molecule has 1 heterocycles. The van der Waals surface area contributed by atoms with Gasteiger partial charge in [0.15, 0.2) is 5.78 Å². The van der Waals surface area contributed by atoms with Gasteiger partial charge in [-0.25, -0.2) is 14.6 Å². The Balaban J connectivity index is 2.20. The second kappa shape index (κ2) is 5.91. The lowest BCUT2D eigenvalue weighted by molar-refractivity contribution is -0.396. The van der Waals surface area contributed by atoms with E-state index in [1.807, 2.05) is 41.5 Å². The SMILES string of the molecule is CC(C)(C)OO[C@]12C=CC(=O)C[C@H]1N(C(=O)OC(C)(C)C)CC2. The Kier molecular flexibility index (Phi) is 4.61. The summed E-state index contributed by atoms with van der Waals surface area (Å²) < 4.78 is 5.45. The first kappa shape index (κ1) is 17.9. The maximum atomic E-state index is 12.4. The zero-order valence-electron chi connectivity index (χ0n) is 14.8. The maximum absolute atomic E-state index is 12.4. The van der Waals surface area contributed by atoms with Gasteiger partial charge in [0.1, 0.15) is 11.2 Å². The molecule has 2 aliphatic rings. The molecule has 0 N–H and O–H groups in total. The van der Waals surface area contributed by atoms with Crippen LogP contribution in [0.3, 0.4) is 0 Å². The van der Waals surface area contributed by atoms with Gasteiger partial charge in [-0.15, -0.1) is 0 Å². The summed E-state index contributed by atoms with van der Waals surface area (Å²) in [5.41, 5.74) is -1.86. The van der Waals surface area contributed by atoms with E-state index < -0.39 is 28.9 Å². The molecule has 0 radical (unpaired) electrons. The highest BCUT2D eigenvalue weighted by atomic mass is 17.2. The zero-order chi connectivity index (χ0) is 17.5. The van der Waals surface area contributed by atoms with Gasteiger partial charge in [-0.1, -0.05) is 0 Å². The Labute approximate surface area is 137 Å². The lowest BCUT2D eigenvalue weighted by Crippen LogP contribution is -2.51. The molecule has 0 aromatic heterocycles. The monoisotopic (exact) mass is 325 g/mol. The summed E-state index contributed by atoms with van der Waals surface area (Å²) >= 11 is 0. The first-order chi connectivity index (χ1) is 10.4. The average Bonchev–Trinajstić information content (AvgIpc) is 2.73. The van der Waals surface area contributed by atoms with Crippen LogP contribution in [0.4, 0.5) is 4.79 Å². The molecule has 1 aliphatic carbocycles. The normalized spacial score (nSPS) is 28.0. The van der Waals surface area contributed by atoms with Gasteiger partial charge in [0.25, 0.3) is 0 Å². The fraction of sp³-hybridized carbons (Fsp3) is 0.765. The van der Waals surface area contributed by atoms with E-state index in [0.717, 1.165) is 0 Å². The Morgan fingerprint density at radius 3 is 2.43 bits per heavy atom. The topological polar surface area (TPSA) is 65.1 Å². The number of allylic oxidation sites excluding steroid dienone is 1. The molecule has 2 rings (SSSR count). The number of carbonyl (C=O) groups is 2. The van der Waals surface area contributed by atoms with Crippen LogP contribution in [0.25, 0.3) is 0 Å². The van der Waals surface area contributed by atoms with E-state index in [9.17, 15) is 9.59 Å². The zero-order valence-corrected chi connectivity index (χ0v) is 14.8. The van der Waals surface area contributed by atoms with Crippen LogP contribution in [0.2, 0.25) is 0 Å². The molecule has 1 aliphatic heterocycles. The molecule has 1 saturated heterocycles. The number of likely N-dealkylation sites (tertiary alicyclic amines) is 1. The number of rotatable bonds is 2. The van der Waals surface area contributed by atoms with Crippen molar-refractivity contribution in [1.29, 1.82) is 0 Å². The fourth-order valence-corrected chi connectivity index (χ4v) is 2.72. The largest absolute Gasteiger partial charge is 0.444 e. The first-order valence-corrected chi connectivity index (χ1v) is 8.00. The number of hydrogen-bond acceptors (Lipinski definition) is 5. The third-order valence-corrected chi connectivity index (χ3v) is 3.70. The van der Waals surface area contributed by atoms with Crippen molar-refractivity contribution in [2.45, 2.75) is 77.2 Å². The van der Waals surface area contributed by atoms with Gasteiger partial charge < -0.3 is 9.64 Å². The number of ether oxygens (including phenoxy) is 1. The highest BCUT2D eigenvalue weighted by Gasteiger charge is 2.53. The first-order valence-electron chi connectivity index (χ1n) is 8.00. The molecule has 6 nitrogen and oxygen atoms in total. The van der Waals surface area contributed by atoms with Crippen LogP contribution in [0.5, 0.6) is 0 Å². The van der Waals surface area contributed by atoms with Crippen LogP contribution < -0.4 is 0 Å². The summed E-state index contributed by atoms with van der Waals surface area (Å²) in [6, 6.07) is -0.405. The standard InChI is InChI=1S/C17H27NO5/c1-15(2,3)21-14(20)18-10-9-17(23-22-16(4,5)6)8-7-12(19)11-13(17)18/h7-8,13H,9-11H2,1-6H3/t13-,17+/m1/s1. The van der Waals surface area contributed by atoms with E-state index >= 15 is 0 Å². The second-order valence-electron chi connectivity index (χ2n) is 8.18. The molecular weight excluding hydrogens is 298 g/mol. The minimum Gasteiger partial charge on any atom is -0.444 e. The smallest absolute Gasteiger partial charge is 0.410 e. The summed E-state index contributed by atoms with van der Waals surface area (Å²) in [5.74, 6) is -0.0274. The van der Waals surface area contributed by atoms with Crippen molar-refractivity contribution in [3.63, 3.8) is 0 Å². The van der Waals surface area contributed by atoms with Gasteiger partial charge in [0.2, 0.25) is 0 Å². The average molecular weight is 325 g/mol. The predicted molar refractivity (Wildman–Crippen MR) is 84.8 cm³/mol. The highest BCUT2D eigenvalue weighted by molar-refractivity contribution is 5.92. The number of fused-ring (bicyclic) bond motifs is 1. The summed E-state index contributed by atoms with van der Waals surface area (Å²) in [5, 5.41) is 0. The van der Waals surface area contributed by atoms with E-state index in [0.29, 0.717) is 13.0 Å². The molecule has 0 spiro atoms. The van der Waals surface area contributed by atoms with Crippen LogP contribution in [0, 0.1) is 0 Å². The molecular formula is C17H27NO5. The van der Waals surface area contributed by atoms with E-state index in [2.05, 4.69) is 0 Å². The number of carbonyl (C=O) groups excluding carboxylic acids is 2. The molecule has 23 heavy (non-hydrogen) atoms. The Bertz CT molecular complexity index is 514. The van der Waals surface area contributed by atoms with Gasteiger partial charge in [0, 0.05) is 19.4 Å². The Hall–Kier alpha value is -1.40. The molecule has 0 aromatic rings. The fourth-order valence-electron chi connectivity index (χ4n) is 2.72. The number of nitrogens with zero attached hydrogens (tertiary/aromatic N) is 1. The molecule has 6 heteroatoms. The van der Waals surface area contributed by atoms with Crippen LogP contribution in [0.15, 0.2) is 12.2 Å². The van der Waals surface area contributed by atoms with Crippen molar-refractivity contribution in [3.8, 4) is 0 Å². The van der Waals surface area contributed by atoms with Gasteiger partial charge in [0.05, 0.1) is 11.6 Å². The van der Waals surface area contributed by atoms with Gasteiger partial charge >= 0.3 is 6.09 Å². The maximum Gasteiger partial charge on any atom is 0.410 e. The lowest BCUT2D eigenvalue weighted by Gasteiger charge is -2.38. The van der Waals surface area contributed by atoms with E-state index in [4.69, 9.17) is 14.5 Å².